The van der Waals surface area contributed by atoms with Crippen LogP contribution in [0.2, 0.25) is 0 Å². The summed E-state index contributed by atoms with van der Waals surface area (Å²) in [4.78, 5) is 6.35. The zero-order chi connectivity index (χ0) is 91.9. The number of aromatic nitrogens is 1. The first kappa shape index (κ1) is 52.6. The molecule has 0 radical (unpaired) electrons. The smallest absolute Gasteiger partial charge is 0.252 e. The van der Waals surface area contributed by atoms with E-state index in [0.717, 1.165) is 117 Å². The van der Waals surface area contributed by atoms with Gasteiger partial charge in [-0.2, -0.15) is 0 Å². The minimum Gasteiger partial charge on any atom is -0.310 e. The minimum absolute atomic E-state index is 0.00404. The fourth-order valence-corrected chi connectivity index (χ4v) is 16.1. The van der Waals surface area contributed by atoms with Crippen molar-refractivity contribution in [2.45, 2.75) is 105 Å². The van der Waals surface area contributed by atoms with Crippen LogP contribution in [0.5, 0.6) is 0 Å². The van der Waals surface area contributed by atoms with Gasteiger partial charge in [-0.1, -0.05) is 325 Å². The molecule has 4 nitrogen and oxygen atoms in total. The first-order valence-corrected chi connectivity index (χ1v) is 37.9. The second-order valence-corrected chi connectivity index (χ2v) is 33.3. The predicted octanol–water partition coefficient (Wildman–Crippen LogP) is 27.5. The van der Waals surface area contributed by atoms with Crippen LogP contribution in [0, 0.1) is 0 Å². The molecule has 111 heavy (non-hydrogen) atoms. The van der Waals surface area contributed by atoms with Gasteiger partial charge >= 0.3 is 0 Å². The summed E-state index contributed by atoms with van der Waals surface area (Å²) in [5.74, 6) is 0. The van der Waals surface area contributed by atoms with Crippen molar-refractivity contribution in [3.8, 4) is 72.4 Å². The first-order chi connectivity index (χ1) is 61.1. The average Bonchev–Trinajstić information content (AvgIpc) is 1.27. The fourth-order valence-electron chi connectivity index (χ4n) is 16.1. The van der Waals surface area contributed by atoms with Gasteiger partial charge in [-0.15, -0.1) is 0 Å². The van der Waals surface area contributed by atoms with Crippen molar-refractivity contribution in [1.29, 1.82) is 0 Å². The molecule has 15 aromatic carbocycles. The second-order valence-electron chi connectivity index (χ2n) is 33.3. The lowest BCUT2D eigenvalue weighted by molar-refractivity contribution is 0.569. The number of nitrogens with zero attached hydrogens (tertiary/aromatic N) is 4. The second kappa shape index (κ2) is 27.3. The molecule has 0 saturated carbocycles. The summed E-state index contributed by atoms with van der Waals surface area (Å²) in [6.45, 7) is 25.8. The lowest BCUT2D eigenvalue weighted by Crippen LogP contribution is -2.61. The van der Waals surface area contributed by atoms with E-state index >= 15 is 0 Å². The van der Waals surface area contributed by atoms with Gasteiger partial charge < -0.3 is 19.3 Å². The zero-order valence-electron chi connectivity index (χ0n) is 82.4. The van der Waals surface area contributed by atoms with E-state index in [1.165, 1.54) is 4.57 Å². The van der Waals surface area contributed by atoms with Gasteiger partial charge in [-0.05, 0) is 208 Å². The van der Waals surface area contributed by atoms with Crippen LogP contribution in [0.1, 0.15) is 130 Å². The van der Waals surface area contributed by atoms with E-state index in [2.05, 4.69) is 196 Å². The molecule has 18 rings (SSSR count). The first-order valence-electron chi connectivity index (χ1n) is 46.9. The third-order valence-electron chi connectivity index (χ3n) is 21.9. The Labute approximate surface area is 681 Å². The maximum atomic E-state index is 10.1. The van der Waals surface area contributed by atoms with Crippen molar-refractivity contribution in [3.05, 3.63) is 368 Å². The van der Waals surface area contributed by atoms with Crippen LogP contribution >= 0.6 is 0 Å². The molecule has 0 amide bonds. The van der Waals surface area contributed by atoms with E-state index in [9.17, 15) is 16.4 Å². The fraction of sp³-hybridized carbons (Fsp3) is 0.151. The largest absolute Gasteiger partial charge is 0.310 e. The summed E-state index contributed by atoms with van der Waals surface area (Å²) >= 11 is 0. The third-order valence-corrected chi connectivity index (χ3v) is 21.9. The van der Waals surface area contributed by atoms with E-state index in [0.29, 0.717) is 22.6 Å². The molecule has 1 aromatic heterocycles. The highest BCUT2D eigenvalue weighted by Crippen LogP contribution is 2.56. The Balaban J connectivity index is 1.05. The van der Waals surface area contributed by atoms with E-state index in [-0.39, 0.29) is 67.3 Å². The predicted molar refractivity (Wildman–Crippen MR) is 477 cm³/mol. The highest BCUT2D eigenvalue weighted by Gasteiger charge is 2.46. The van der Waals surface area contributed by atoms with Crippen LogP contribution in [-0.4, -0.2) is 11.3 Å². The van der Waals surface area contributed by atoms with Crippen molar-refractivity contribution in [3.63, 3.8) is 0 Å². The molecule has 0 unspecified atom stereocenters. The number of fused-ring (bicyclic) bond motifs is 7. The normalized spacial score (nSPS) is 15.1. The van der Waals surface area contributed by atoms with Crippen molar-refractivity contribution < 1.29 is 24.7 Å². The summed E-state index contributed by atoms with van der Waals surface area (Å²) in [5, 5.41) is -0.240. The molecule has 2 aliphatic heterocycles. The molecular formula is C106H93BN4. The zero-order valence-corrected chi connectivity index (χ0v) is 64.4. The monoisotopic (exact) mass is 1450 g/mol. The number of anilines is 9. The maximum absolute atomic E-state index is 10.1. The molecule has 0 aliphatic carbocycles. The highest BCUT2D eigenvalue weighted by atomic mass is 15.2. The van der Waals surface area contributed by atoms with Gasteiger partial charge in [-0.3, -0.25) is 0 Å². The Morgan fingerprint density at radius 1 is 0.279 bits per heavy atom. The summed E-state index contributed by atoms with van der Waals surface area (Å²) in [5.41, 5.74) is 18.7. The number of benzene rings is 15. The standard InChI is InChI=1S/C106H93BN4/c1-103(2,3)78-59-76(60-79(64-78)104(4,5)6)77-62-98-100-99(63-77)111(102-90(73-41-25-16-26-42-73)67-81(106(10,11)12)68-91(102)74-43-27-17-28-44-74)97-69-85(108(82-45-29-18-30-46-82)83-52-54-84(55-53-83)109-94-49-33-31-47-86(94)87-48-32-34-50-95(87)109)56-58-93(97)107(100)92-57-51-75(70-35-19-13-20-36-70)61-96(92)110(98)101-88(71-37-21-14-22-38-71)65-80(105(7,8)9)66-89(101)72-39-23-15-24-40-72/h13-69H,1-12H3/i13D,18D,19D,20D,29D,30D,31D,32D,33D,34D,35D,36D,45D,46D,47D,48D,49D,50D. The number of hydrogen-bond donors (Lipinski definition) is 0. The number of rotatable bonds is 12. The van der Waals surface area contributed by atoms with Gasteiger partial charge in [0.15, 0.2) is 0 Å². The molecule has 0 spiro atoms. The van der Waals surface area contributed by atoms with Crippen LogP contribution in [-0.2, 0) is 21.7 Å². The number of hydrogen-bond acceptors (Lipinski definition) is 3. The van der Waals surface area contributed by atoms with Crippen molar-refractivity contribution in [1.82, 2.24) is 4.57 Å². The van der Waals surface area contributed by atoms with Crippen LogP contribution in [0.25, 0.3) is 94.3 Å². The molecule has 0 atom stereocenters. The van der Waals surface area contributed by atoms with Crippen LogP contribution in [0.15, 0.2) is 345 Å². The lowest BCUT2D eigenvalue weighted by atomic mass is 9.33. The number of para-hydroxylation sites is 3. The molecule has 3 heterocycles. The van der Waals surface area contributed by atoms with Crippen LogP contribution < -0.4 is 31.1 Å². The maximum Gasteiger partial charge on any atom is 0.252 e. The Morgan fingerprint density at radius 2 is 0.640 bits per heavy atom. The quantitative estimate of drug-likeness (QED) is 0.113. The Kier molecular flexibility index (Phi) is 12.9. The Hall–Kier alpha value is -12.4. The lowest BCUT2D eigenvalue weighted by Gasteiger charge is -2.46. The van der Waals surface area contributed by atoms with Gasteiger partial charge in [0.05, 0.1) is 47.1 Å². The molecule has 2 aliphatic rings. The van der Waals surface area contributed by atoms with Crippen molar-refractivity contribution in [2.75, 3.05) is 14.7 Å². The highest BCUT2D eigenvalue weighted by molar-refractivity contribution is 7.00. The van der Waals surface area contributed by atoms with Crippen molar-refractivity contribution in [2.24, 2.45) is 0 Å². The van der Waals surface area contributed by atoms with E-state index in [1.807, 2.05) is 109 Å². The van der Waals surface area contributed by atoms with Gasteiger partial charge in [-0.25, -0.2) is 0 Å². The van der Waals surface area contributed by atoms with Crippen LogP contribution in [0.4, 0.5) is 51.2 Å². The summed E-state index contributed by atoms with van der Waals surface area (Å²) in [6, 6.07) is 70.8. The molecule has 0 N–H and O–H groups in total. The third kappa shape index (κ3) is 12.6. The van der Waals surface area contributed by atoms with E-state index in [4.69, 9.17) is 8.22 Å². The van der Waals surface area contributed by atoms with Crippen LogP contribution in [0.3, 0.4) is 0 Å². The average molecular weight is 1450 g/mol. The molecule has 0 fully saturated rings. The summed E-state index contributed by atoms with van der Waals surface area (Å²) < 4.78 is 170. The van der Waals surface area contributed by atoms with Crippen molar-refractivity contribution >= 4 is 96.1 Å². The molecule has 540 valence electrons. The molecule has 16 aromatic rings. The van der Waals surface area contributed by atoms with E-state index in [1.54, 1.807) is 29.2 Å². The summed E-state index contributed by atoms with van der Waals surface area (Å²) in [7, 11) is 0. The molecule has 5 heteroatoms. The topological polar surface area (TPSA) is 14.7 Å². The Bertz CT molecular complexity index is 7090. The molecule has 0 saturated heterocycles. The van der Waals surface area contributed by atoms with Gasteiger partial charge in [0.25, 0.3) is 6.71 Å². The molecular weight excluding hydrogens is 1340 g/mol. The minimum atomic E-state index is -0.776. The van der Waals surface area contributed by atoms with E-state index < -0.39 is 114 Å². The SMILES string of the molecule is [2H]c1c([2H])c([2H])c(-c2ccc3c(c2)N(c2c(-c4ccccc4)cc(C(C)(C)C)cc2-c2ccccc2)c2cc(-c4cc(C(C)(C)C)cc(C(C)(C)C)c4)cc4c2B3c2ccc(N(c3ccc(-n5c6c([2H])c([2H])c([2H])c([2H])c6c6c([2H])c([2H])c([2H])c([2H])c65)cc3)c3c([2H])c([2H])c([2H])c([2H])c3[2H])cc2N4c2c(-c3ccccc3)cc(C(C)(C)C)cc2-c2ccccc2)c([2H])c1[2H]. The van der Waals surface area contributed by atoms with Gasteiger partial charge in [0, 0.05) is 78.5 Å². The molecule has 0 bridgehead atoms. The van der Waals surface area contributed by atoms with Gasteiger partial charge in [0.1, 0.15) is 0 Å². The van der Waals surface area contributed by atoms with Gasteiger partial charge in [0.2, 0.25) is 0 Å². The Morgan fingerprint density at radius 3 is 1.07 bits per heavy atom. The summed E-state index contributed by atoms with van der Waals surface area (Å²) in [6.07, 6.45) is 0.